The van der Waals surface area contributed by atoms with Crippen molar-refractivity contribution in [1.82, 2.24) is 19.9 Å². The second-order valence-corrected chi connectivity index (χ2v) is 7.81. The van der Waals surface area contributed by atoms with Gasteiger partial charge in [-0.05, 0) is 31.1 Å². The van der Waals surface area contributed by atoms with Crippen LogP contribution in [0.1, 0.15) is 37.4 Å². The molecule has 144 valence electrons. The summed E-state index contributed by atoms with van der Waals surface area (Å²) < 4.78 is 10.4. The zero-order valence-corrected chi connectivity index (χ0v) is 15.3. The maximum atomic E-state index is 12.4. The van der Waals surface area contributed by atoms with E-state index in [0.29, 0.717) is 49.5 Å². The van der Waals surface area contributed by atoms with Crippen LogP contribution in [0, 0.1) is 11.8 Å². The Morgan fingerprint density at radius 2 is 2.19 bits per heavy atom. The summed E-state index contributed by atoms with van der Waals surface area (Å²) in [6.45, 7) is 3.06. The van der Waals surface area contributed by atoms with Crippen LogP contribution in [-0.4, -0.2) is 76.5 Å². The second-order valence-electron chi connectivity index (χ2n) is 7.81. The lowest BCUT2D eigenvalue weighted by molar-refractivity contribution is -0.155. The van der Waals surface area contributed by atoms with Gasteiger partial charge in [-0.15, -0.1) is 0 Å². The number of fused-ring (bicyclic) bond motifs is 4. The van der Waals surface area contributed by atoms with Gasteiger partial charge in [0.2, 0.25) is 11.8 Å². The Bertz CT molecular complexity index is 622. The fourth-order valence-electron chi connectivity index (χ4n) is 5.08. The third-order valence-corrected chi connectivity index (χ3v) is 6.16. The highest BCUT2D eigenvalue weighted by Crippen LogP contribution is 2.41. The Labute approximate surface area is 153 Å². The second kappa shape index (κ2) is 7.62. The number of hydrogen-bond donors (Lipinski definition) is 1. The predicted octanol–water partition coefficient (Wildman–Crippen LogP) is 0.452. The molecule has 1 aromatic heterocycles. The number of aliphatic hydroxyl groups excluding tert-OH is 1. The van der Waals surface area contributed by atoms with E-state index in [1.54, 1.807) is 7.11 Å². The first-order valence-corrected chi connectivity index (χ1v) is 9.64. The molecule has 1 amide bonds. The fourth-order valence-corrected chi connectivity index (χ4v) is 5.08. The summed E-state index contributed by atoms with van der Waals surface area (Å²) in [5.74, 6) is 2.32. The normalized spacial score (nSPS) is 31.9. The Morgan fingerprint density at radius 3 is 3.00 bits per heavy atom. The minimum atomic E-state index is -0.0493. The van der Waals surface area contributed by atoms with Gasteiger partial charge in [-0.25, -0.2) is 0 Å². The van der Waals surface area contributed by atoms with Gasteiger partial charge in [0.25, 0.3) is 0 Å². The average Bonchev–Trinajstić information content (AvgIpc) is 3.08. The molecule has 26 heavy (non-hydrogen) atoms. The number of methoxy groups -OCH3 is 1. The molecule has 0 aromatic carbocycles. The summed E-state index contributed by atoms with van der Waals surface area (Å²) in [7, 11) is 1.66. The monoisotopic (exact) mass is 364 g/mol. The molecule has 1 N–H and O–H groups in total. The van der Waals surface area contributed by atoms with Crippen molar-refractivity contribution in [2.24, 2.45) is 11.8 Å². The molecule has 8 heteroatoms. The Hall–Kier alpha value is -1.51. The number of rotatable bonds is 6. The van der Waals surface area contributed by atoms with E-state index in [9.17, 15) is 9.90 Å². The highest BCUT2D eigenvalue weighted by atomic mass is 16.5. The van der Waals surface area contributed by atoms with Crippen molar-refractivity contribution in [3.05, 3.63) is 11.7 Å². The van der Waals surface area contributed by atoms with Crippen molar-refractivity contribution in [3.63, 3.8) is 0 Å². The van der Waals surface area contributed by atoms with E-state index in [1.807, 2.05) is 4.90 Å². The van der Waals surface area contributed by atoms with Gasteiger partial charge in [0.05, 0.1) is 25.8 Å². The summed E-state index contributed by atoms with van der Waals surface area (Å²) >= 11 is 0. The number of piperidine rings is 3. The quantitative estimate of drug-likeness (QED) is 0.784. The predicted molar refractivity (Wildman–Crippen MR) is 92.1 cm³/mol. The van der Waals surface area contributed by atoms with Gasteiger partial charge in [-0.2, -0.15) is 4.98 Å². The van der Waals surface area contributed by atoms with E-state index in [-0.39, 0.29) is 24.6 Å². The van der Waals surface area contributed by atoms with Crippen LogP contribution in [0.25, 0.3) is 0 Å². The first kappa shape index (κ1) is 17.9. The van der Waals surface area contributed by atoms with E-state index in [0.717, 1.165) is 32.4 Å². The number of amides is 1. The van der Waals surface area contributed by atoms with Crippen LogP contribution < -0.4 is 0 Å². The van der Waals surface area contributed by atoms with Crippen LogP contribution in [0.4, 0.5) is 0 Å². The molecule has 4 heterocycles. The molecule has 1 aromatic rings. The summed E-state index contributed by atoms with van der Waals surface area (Å²) in [6, 6.07) is 0.221. The number of aromatic nitrogens is 2. The molecular weight excluding hydrogens is 336 g/mol. The van der Waals surface area contributed by atoms with Crippen LogP contribution in [-0.2, 0) is 22.5 Å². The van der Waals surface area contributed by atoms with Crippen molar-refractivity contribution >= 4 is 5.91 Å². The van der Waals surface area contributed by atoms with Gasteiger partial charge in [-0.3, -0.25) is 9.69 Å². The molecular formula is C18H28N4O4. The van der Waals surface area contributed by atoms with Gasteiger partial charge < -0.3 is 19.3 Å². The van der Waals surface area contributed by atoms with E-state index >= 15 is 0 Å². The molecule has 3 saturated heterocycles. The third-order valence-electron chi connectivity index (χ3n) is 6.16. The smallest absolute Gasteiger partial charge is 0.240 e. The number of carbonyl (C=O) groups is 1. The standard InChI is InChI=1S/C18H28N4O4/c1-25-6-5-16-19-17(26-20-16)10-21-8-12-7-13(9-21)15(11-23)22-14(12)3-2-4-18(22)24/h12-15,23H,2-11H2,1H3/t12-,13+,14+,15+/m1/s1. The Morgan fingerprint density at radius 1 is 1.35 bits per heavy atom. The lowest BCUT2D eigenvalue weighted by Crippen LogP contribution is -2.65. The van der Waals surface area contributed by atoms with E-state index in [2.05, 4.69) is 15.0 Å². The van der Waals surface area contributed by atoms with Gasteiger partial charge in [-0.1, -0.05) is 5.16 Å². The van der Waals surface area contributed by atoms with Crippen LogP contribution >= 0.6 is 0 Å². The SMILES string of the molecule is COCCc1noc(CN2C[C@H]3C[C@@H](C2)[C@H](CO)N2C(=O)CCC[C@@H]32)n1. The molecule has 2 bridgehead atoms. The summed E-state index contributed by atoms with van der Waals surface area (Å²) in [5, 5.41) is 14.0. The molecule has 0 spiro atoms. The number of aliphatic hydroxyl groups is 1. The number of nitrogens with zero attached hydrogens (tertiary/aromatic N) is 4. The Kier molecular flexibility index (Phi) is 5.24. The first-order chi connectivity index (χ1) is 12.7. The molecule has 3 aliphatic heterocycles. The molecule has 3 aliphatic rings. The molecule has 0 unspecified atom stereocenters. The zero-order chi connectivity index (χ0) is 18.1. The van der Waals surface area contributed by atoms with Crippen molar-refractivity contribution in [1.29, 1.82) is 0 Å². The first-order valence-electron chi connectivity index (χ1n) is 9.64. The minimum Gasteiger partial charge on any atom is -0.394 e. The number of carbonyl (C=O) groups excluding carboxylic acids is 1. The average molecular weight is 364 g/mol. The largest absolute Gasteiger partial charge is 0.394 e. The lowest BCUT2D eigenvalue weighted by atomic mass is 9.72. The lowest BCUT2D eigenvalue weighted by Gasteiger charge is -2.56. The third kappa shape index (κ3) is 3.37. The van der Waals surface area contributed by atoms with Gasteiger partial charge >= 0.3 is 0 Å². The minimum absolute atomic E-state index is 0.0493. The van der Waals surface area contributed by atoms with E-state index < -0.39 is 0 Å². The molecule has 0 saturated carbocycles. The molecule has 0 aliphatic carbocycles. The maximum Gasteiger partial charge on any atom is 0.240 e. The van der Waals surface area contributed by atoms with Crippen LogP contribution in [0.2, 0.25) is 0 Å². The maximum absolute atomic E-state index is 12.4. The van der Waals surface area contributed by atoms with E-state index in [4.69, 9.17) is 9.26 Å². The van der Waals surface area contributed by atoms with Crippen molar-refractivity contribution in [3.8, 4) is 0 Å². The van der Waals surface area contributed by atoms with Crippen molar-refractivity contribution in [2.45, 2.75) is 50.7 Å². The molecule has 4 rings (SSSR count). The van der Waals surface area contributed by atoms with Crippen LogP contribution in [0.5, 0.6) is 0 Å². The highest BCUT2D eigenvalue weighted by Gasteiger charge is 2.49. The fraction of sp³-hybridized carbons (Fsp3) is 0.833. The van der Waals surface area contributed by atoms with Gasteiger partial charge in [0.15, 0.2) is 5.82 Å². The molecule has 8 nitrogen and oxygen atoms in total. The van der Waals surface area contributed by atoms with E-state index in [1.165, 1.54) is 0 Å². The van der Waals surface area contributed by atoms with Crippen molar-refractivity contribution < 1.29 is 19.2 Å². The molecule has 3 fully saturated rings. The molecule has 4 atom stereocenters. The topological polar surface area (TPSA) is 91.9 Å². The highest BCUT2D eigenvalue weighted by molar-refractivity contribution is 5.78. The summed E-state index contributed by atoms with van der Waals surface area (Å²) in [4.78, 5) is 21.3. The van der Waals surface area contributed by atoms with Gasteiger partial charge in [0, 0.05) is 39.1 Å². The molecule has 0 radical (unpaired) electrons. The van der Waals surface area contributed by atoms with Crippen molar-refractivity contribution in [2.75, 3.05) is 33.4 Å². The zero-order valence-electron chi connectivity index (χ0n) is 15.3. The number of likely N-dealkylation sites (tertiary alicyclic amines) is 1. The van der Waals surface area contributed by atoms with Crippen LogP contribution in [0.15, 0.2) is 4.52 Å². The van der Waals surface area contributed by atoms with Crippen LogP contribution in [0.3, 0.4) is 0 Å². The number of hydrogen-bond acceptors (Lipinski definition) is 7. The summed E-state index contributed by atoms with van der Waals surface area (Å²) in [6.07, 6.45) is 4.39. The Balaban J connectivity index is 1.45. The summed E-state index contributed by atoms with van der Waals surface area (Å²) in [5.41, 5.74) is 0. The van der Waals surface area contributed by atoms with Gasteiger partial charge in [0.1, 0.15) is 0 Å². The number of ether oxygens (including phenoxy) is 1.